The van der Waals surface area contributed by atoms with Gasteiger partial charge in [-0.1, -0.05) is 25.7 Å². The Balaban J connectivity index is 4.27. The molecule has 0 fully saturated rings. The first-order chi connectivity index (χ1) is 12.8. The van der Waals surface area contributed by atoms with E-state index in [9.17, 15) is 9.59 Å². The molecule has 5 nitrogen and oxygen atoms in total. The van der Waals surface area contributed by atoms with Gasteiger partial charge in [-0.2, -0.15) is 0 Å². The summed E-state index contributed by atoms with van der Waals surface area (Å²) in [5, 5.41) is 0. The summed E-state index contributed by atoms with van der Waals surface area (Å²) in [5.41, 5.74) is 0. The fraction of sp³-hybridized carbons (Fsp3) is 0.900. The molecule has 0 amide bonds. The van der Waals surface area contributed by atoms with E-state index < -0.39 is 25.2 Å². The van der Waals surface area contributed by atoms with Crippen LogP contribution < -0.4 is 0 Å². The molecule has 0 spiro atoms. The zero-order valence-corrected chi connectivity index (χ0v) is 22.6. The first-order valence-corrected chi connectivity index (χ1v) is 19.8. The highest BCUT2D eigenvalue weighted by atomic mass is 28.5. The van der Waals surface area contributed by atoms with Gasteiger partial charge in [-0.05, 0) is 71.1 Å². The van der Waals surface area contributed by atoms with Crippen molar-refractivity contribution in [3.63, 3.8) is 0 Å². The lowest BCUT2D eigenvalue weighted by atomic mass is 10.2. The Labute approximate surface area is 176 Å². The number of methoxy groups -OCH3 is 1. The lowest BCUT2D eigenvalue weighted by Crippen LogP contribution is -2.52. The smallest absolute Gasteiger partial charge is 0.311 e. The van der Waals surface area contributed by atoms with E-state index in [1.807, 2.05) is 0 Å². The summed E-state index contributed by atoms with van der Waals surface area (Å²) in [5.74, 6) is 0.162. The van der Waals surface area contributed by atoms with Crippen LogP contribution >= 0.6 is 0 Å². The molecule has 0 N–H and O–H groups in total. The molecule has 0 atom stereocenters. The number of carbonyl (C=O) groups is 2. The molecule has 0 heterocycles. The molecule has 0 radical (unpaired) electrons. The average molecular weight is 449 g/mol. The van der Waals surface area contributed by atoms with Crippen LogP contribution in [0.3, 0.4) is 0 Å². The Morgan fingerprint density at radius 2 is 1.11 bits per heavy atom. The minimum atomic E-state index is -2.16. The Morgan fingerprint density at radius 1 is 0.679 bits per heavy atom. The number of hydrogen-bond donors (Lipinski definition) is 0. The second kappa shape index (κ2) is 13.1. The second-order valence-corrected chi connectivity index (χ2v) is 22.0. The molecule has 0 bridgehead atoms. The zero-order valence-electron chi connectivity index (χ0n) is 19.6. The molecule has 0 aliphatic carbocycles. The summed E-state index contributed by atoms with van der Waals surface area (Å²) in [7, 11) is -4.25. The Hall–Kier alpha value is -0.289. The summed E-state index contributed by atoms with van der Waals surface area (Å²) in [6, 6.07) is 2.22. The van der Waals surface area contributed by atoms with E-state index >= 15 is 0 Å². The molecule has 0 aliphatic rings. The molecule has 8 heteroatoms. The van der Waals surface area contributed by atoms with Crippen LogP contribution in [-0.2, 0) is 22.6 Å². The number of unbranched alkanes of at least 4 members (excludes halogenated alkanes) is 4. The van der Waals surface area contributed by atoms with Gasteiger partial charge in [0, 0.05) is 12.8 Å². The summed E-state index contributed by atoms with van der Waals surface area (Å²) in [6.45, 7) is 15.2. The predicted molar refractivity (Wildman–Crippen MR) is 124 cm³/mol. The first kappa shape index (κ1) is 27.7. The molecule has 28 heavy (non-hydrogen) atoms. The summed E-state index contributed by atoms with van der Waals surface area (Å²) >= 11 is 0. The molecule has 0 aromatic heterocycles. The van der Waals surface area contributed by atoms with Crippen molar-refractivity contribution in [3.05, 3.63) is 0 Å². The normalized spacial score (nSPS) is 12.9. The standard InChI is InChI=1S/C20H44O5Si3/c1-19(21)15-11-9-13-17-26(3,4)24-28(7,8)25-27(5,6)18-14-10-12-16-20(22)23-2/h9-18H2,1-8H3. The maximum absolute atomic E-state index is 11.2. The van der Waals surface area contributed by atoms with Crippen molar-refractivity contribution in [2.24, 2.45) is 0 Å². The van der Waals surface area contributed by atoms with E-state index in [0.29, 0.717) is 12.8 Å². The lowest BCUT2D eigenvalue weighted by molar-refractivity contribution is -0.140. The van der Waals surface area contributed by atoms with E-state index in [2.05, 4.69) is 44.0 Å². The van der Waals surface area contributed by atoms with Crippen molar-refractivity contribution in [2.75, 3.05) is 7.11 Å². The average Bonchev–Trinajstić information content (AvgIpc) is 2.51. The van der Waals surface area contributed by atoms with Gasteiger partial charge in [0.2, 0.25) is 0 Å². The third kappa shape index (κ3) is 15.6. The third-order valence-corrected chi connectivity index (χ3v) is 16.2. The fourth-order valence-corrected chi connectivity index (χ4v) is 17.9. The molecule has 0 saturated heterocycles. The highest BCUT2D eigenvalue weighted by Crippen LogP contribution is 2.27. The molecular weight excluding hydrogens is 404 g/mol. The first-order valence-electron chi connectivity index (χ1n) is 10.8. The van der Waals surface area contributed by atoms with Crippen LogP contribution in [0, 0.1) is 0 Å². The number of Topliss-reactive ketones (excluding diaryl/α,β-unsaturated/α-hetero) is 1. The van der Waals surface area contributed by atoms with Crippen LogP contribution in [-0.4, -0.2) is 44.1 Å². The molecule has 0 saturated carbocycles. The number of ketones is 1. The molecule has 0 unspecified atom stereocenters. The quantitative estimate of drug-likeness (QED) is 0.164. The van der Waals surface area contributed by atoms with Crippen molar-refractivity contribution in [2.45, 2.75) is 110 Å². The number of hydrogen-bond acceptors (Lipinski definition) is 5. The van der Waals surface area contributed by atoms with Gasteiger partial charge in [-0.25, -0.2) is 0 Å². The van der Waals surface area contributed by atoms with E-state index in [4.69, 9.17) is 8.23 Å². The predicted octanol–water partition coefficient (Wildman–Crippen LogP) is 6.01. The summed E-state index contributed by atoms with van der Waals surface area (Å²) < 4.78 is 17.9. The van der Waals surface area contributed by atoms with E-state index in [1.165, 1.54) is 7.11 Å². The van der Waals surface area contributed by atoms with Crippen LogP contribution in [0.5, 0.6) is 0 Å². The Bertz CT molecular complexity index is 478. The number of carbonyl (C=O) groups excluding carboxylic acids is 2. The number of esters is 1. The number of rotatable bonds is 16. The van der Waals surface area contributed by atoms with E-state index in [1.54, 1.807) is 6.92 Å². The van der Waals surface area contributed by atoms with Crippen molar-refractivity contribution >= 4 is 36.9 Å². The SMILES string of the molecule is COC(=O)CCCCC[Si](C)(C)O[Si](C)(C)O[Si](C)(C)CCCCCC(C)=O. The lowest BCUT2D eigenvalue weighted by Gasteiger charge is -2.39. The highest BCUT2D eigenvalue weighted by Gasteiger charge is 2.39. The monoisotopic (exact) mass is 448 g/mol. The van der Waals surface area contributed by atoms with Gasteiger partial charge < -0.3 is 17.8 Å². The van der Waals surface area contributed by atoms with E-state index in [0.717, 1.165) is 50.6 Å². The van der Waals surface area contributed by atoms with E-state index in [-0.39, 0.29) is 11.8 Å². The molecule has 0 rings (SSSR count). The van der Waals surface area contributed by atoms with Gasteiger partial charge in [0.05, 0.1) is 7.11 Å². The van der Waals surface area contributed by atoms with Crippen molar-refractivity contribution in [1.29, 1.82) is 0 Å². The van der Waals surface area contributed by atoms with Gasteiger partial charge in [0.25, 0.3) is 0 Å². The van der Waals surface area contributed by atoms with Crippen LogP contribution in [0.4, 0.5) is 0 Å². The minimum Gasteiger partial charge on any atom is -0.469 e. The minimum absolute atomic E-state index is 0.122. The van der Waals surface area contributed by atoms with Crippen LogP contribution in [0.2, 0.25) is 51.4 Å². The van der Waals surface area contributed by atoms with Crippen molar-refractivity contribution < 1.29 is 22.6 Å². The largest absolute Gasteiger partial charge is 0.469 e. The van der Waals surface area contributed by atoms with Gasteiger partial charge in [-0.15, -0.1) is 0 Å². The van der Waals surface area contributed by atoms with Crippen LogP contribution in [0.1, 0.15) is 58.3 Å². The molecule has 0 aliphatic heterocycles. The second-order valence-electron chi connectivity index (χ2n) is 9.52. The topological polar surface area (TPSA) is 61.8 Å². The van der Waals surface area contributed by atoms with Crippen molar-refractivity contribution in [1.82, 2.24) is 0 Å². The zero-order chi connectivity index (χ0) is 21.8. The van der Waals surface area contributed by atoms with Gasteiger partial charge in [-0.3, -0.25) is 4.79 Å². The summed E-state index contributed by atoms with van der Waals surface area (Å²) in [6.07, 6.45) is 7.47. The number of ether oxygens (including phenoxy) is 1. The van der Waals surface area contributed by atoms with Crippen LogP contribution in [0.25, 0.3) is 0 Å². The Kier molecular flexibility index (Phi) is 13.0. The maximum atomic E-state index is 11.2. The van der Waals surface area contributed by atoms with Crippen molar-refractivity contribution in [3.8, 4) is 0 Å². The molecule has 0 aromatic carbocycles. The fourth-order valence-electron chi connectivity index (χ4n) is 3.65. The molecule has 166 valence electrons. The Morgan fingerprint density at radius 3 is 1.50 bits per heavy atom. The van der Waals surface area contributed by atoms with Gasteiger partial charge >= 0.3 is 14.5 Å². The maximum Gasteiger partial charge on any atom is 0.311 e. The van der Waals surface area contributed by atoms with Gasteiger partial charge in [0.1, 0.15) is 5.78 Å². The third-order valence-electron chi connectivity index (χ3n) is 4.74. The molecule has 0 aromatic rings. The summed E-state index contributed by atoms with van der Waals surface area (Å²) in [4.78, 5) is 22.2. The molecular formula is C20H44O5Si3. The highest BCUT2D eigenvalue weighted by molar-refractivity contribution is 6.87. The van der Waals surface area contributed by atoms with Crippen LogP contribution in [0.15, 0.2) is 0 Å². The van der Waals surface area contributed by atoms with Gasteiger partial charge in [0.15, 0.2) is 16.6 Å².